The van der Waals surface area contributed by atoms with Crippen molar-refractivity contribution in [2.75, 3.05) is 30.4 Å². The van der Waals surface area contributed by atoms with Crippen molar-refractivity contribution in [2.24, 2.45) is 0 Å². The third-order valence-corrected chi connectivity index (χ3v) is 6.09. The Kier molecular flexibility index (Phi) is 7.50. The average Bonchev–Trinajstić information content (AvgIpc) is 3.62. The lowest BCUT2D eigenvalue weighted by molar-refractivity contribution is 0.292. The molecular weight excluding hydrogens is 445 g/mol. The number of rotatable bonds is 4. The first-order valence-electron chi connectivity index (χ1n) is 12.2. The maximum Gasteiger partial charge on any atom is 0.228 e. The van der Waals surface area contributed by atoms with Gasteiger partial charge in [-0.05, 0) is 37.7 Å². The lowest BCUT2D eigenvalue weighted by atomic mass is 10.2. The van der Waals surface area contributed by atoms with E-state index in [4.69, 9.17) is 5.10 Å². The summed E-state index contributed by atoms with van der Waals surface area (Å²) in [6.45, 7) is 10.1. The SMILES string of the molecule is CC.CC.CN1CC2CC1CN2c1ccc2ncc(-c3cnc(Nc4ncccc4F)nc3)n2n1.[HH]. The number of anilines is 3. The molecule has 2 unspecified atom stereocenters. The Balaban J connectivity index is 0.000000690. The number of nitrogens with zero attached hydrogens (tertiary/aromatic N) is 8. The predicted octanol–water partition coefficient (Wildman–Crippen LogP) is 4.66. The molecule has 2 saturated heterocycles. The number of likely N-dealkylation sites (N-methyl/N-ethyl adjacent to an activating group) is 1. The molecule has 0 amide bonds. The van der Waals surface area contributed by atoms with E-state index in [0.717, 1.165) is 35.8 Å². The van der Waals surface area contributed by atoms with E-state index in [1.807, 2.05) is 44.3 Å². The Bertz CT molecular complexity index is 1260. The summed E-state index contributed by atoms with van der Waals surface area (Å²) in [5.74, 6) is 0.843. The van der Waals surface area contributed by atoms with Crippen LogP contribution in [0.25, 0.3) is 16.9 Å². The highest BCUT2D eigenvalue weighted by molar-refractivity contribution is 5.63. The van der Waals surface area contributed by atoms with Crippen molar-refractivity contribution >= 4 is 23.2 Å². The smallest absolute Gasteiger partial charge is 0.228 e. The number of aromatic nitrogens is 6. The Labute approximate surface area is 206 Å². The van der Waals surface area contributed by atoms with Gasteiger partial charge in [-0.25, -0.2) is 28.8 Å². The molecular formula is C25H34FN9. The number of piperazine rings is 1. The summed E-state index contributed by atoms with van der Waals surface area (Å²) in [5, 5.41) is 7.66. The highest BCUT2D eigenvalue weighted by atomic mass is 19.1. The highest BCUT2D eigenvalue weighted by Gasteiger charge is 2.42. The van der Waals surface area contributed by atoms with Crippen LogP contribution in [-0.2, 0) is 0 Å². The largest absolute Gasteiger partial charge is 0.349 e. The second-order valence-corrected chi connectivity index (χ2v) is 7.99. The van der Waals surface area contributed by atoms with Crippen LogP contribution >= 0.6 is 0 Å². The molecule has 4 aromatic rings. The van der Waals surface area contributed by atoms with Gasteiger partial charge in [0.2, 0.25) is 5.95 Å². The molecule has 186 valence electrons. The summed E-state index contributed by atoms with van der Waals surface area (Å²) in [5.41, 5.74) is 2.33. The molecule has 0 saturated carbocycles. The van der Waals surface area contributed by atoms with Gasteiger partial charge in [0.1, 0.15) is 5.82 Å². The molecule has 0 aromatic carbocycles. The summed E-state index contributed by atoms with van der Waals surface area (Å²) in [7, 11) is 2.19. The van der Waals surface area contributed by atoms with E-state index in [0.29, 0.717) is 12.1 Å². The molecule has 2 bridgehead atoms. The van der Waals surface area contributed by atoms with Crippen molar-refractivity contribution in [1.29, 1.82) is 0 Å². The Morgan fingerprint density at radius 1 is 0.943 bits per heavy atom. The molecule has 0 spiro atoms. The van der Waals surface area contributed by atoms with Gasteiger partial charge in [0.15, 0.2) is 17.3 Å². The van der Waals surface area contributed by atoms with Crippen molar-refractivity contribution < 1.29 is 5.82 Å². The maximum absolute atomic E-state index is 13.8. The minimum atomic E-state index is -0.463. The molecule has 10 heteroatoms. The number of likely N-dealkylation sites (tertiary alicyclic amines) is 1. The van der Waals surface area contributed by atoms with Crippen LogP contribution in [0.15, 0.2) is 49.1 Å². The molecule has 0 radical (unpaired) electrons. The van der Waals surface area contributed by atoms with E-state index in [9.17, 15) is 4.39 Å². The van der Waals surface area contributed by atoms with E-state index in [1.54, 1.807) is 18.6 Å². The number of hydrogen-bond donors (Lipinski definition) is 1. The van der Waals surface area contributed by atoms with Gasteiger partial charge >= 0.3 is 0 Å². The maximum atomic E-state index is 13.8. The zero-order chi connectivity index (χ0) is 24.9. The van der Waals surface area contributed by atoms with Gasteiger partial charge in [0, 0.05) is 50.8 Å². The third kappa shape index (κ3) is 4.79. The fraction of sp³-hybridized carbons (Fsp3) is 0.400. The number of nitrogens with one attached hydrogen (secondary N) is 1. The van der Waals surface area contributed by atoms with Crippen molar-refractivity contribution in [3.8, 4) is 11.3 Å². The number of halogens is 1. The van der Waals surface area contributed by atoms with Crippen molar-refractivity contribution in [1.82, 2.24) is 34.4 Å². The van der Waals surface area contributed by atoms with Crippen LogP contribution in [0.2, 0.25) is 0 Å². The lowest BCUT2D eigenvalue weighted by Crippen LogP contribution is -2.45. The fourth-order valence-electron chi connectivity index (χ4n) is 4.47. The van der Waals surface area contributed by atoms with Gasteiger partial charge in [-0.15, -0.1) is 5.10 Å². The van der Waals surface area contributed by atoms with E-state index in [-0.39, 0.29) is 13.2 Å². The predicted molar refractivity (Wildman–Crippen MR) is 138 cm³/mol. The molecule has 2 aliphatic rings. The molecule has 2 atom stereocenters. The Morgan fingerprint density at radius 3 is 2.37 bits per heavy atom. The molecule has 6 heterocycles. The summed E-state index contributed by atoms with van der Waals surface area (Å²) in [6.07, 6.45) is 7.79. The average molecular weight is 480 g/mol. The zero-order valence-electron chi connectivity index (χ0n) is 20.9. The quantitative estimate of drug-likeness (QED) is 0.452. The van der Waals surface area contributed by atoms with Crippen LogP contribution in [0.1, 0.15) is 35.5 Å². The van der Waals surface area contributed by atoms with Crippen LogP contribution in [0, 0.1) is 5.82 Å². The molecule has 6 rings (SSSR count). The Morgan fingerprint density at radius 2 is 1.71 bits per heavy atom. The van der Waals surface area contributed by atoms with Gasteiger partial charge in [-0.2, -0.15) is 0 Å². The van der Waals surface area contributed by atoms with Gasteiger partial charge in [-0.3, -0.25) is 4.90 Å². The molecule has 35 heavy (non-hydrogen) atoms. The lowest BCUT2D eigenvalue weighted by Gasteiger charge is -2.32. The molecule has 2 fully saturated rings. The normalized spacial score (nSPS) is 18.6. The summed E-state index contributed by atoms with van der Waals surface area (Å²) < 4.78 is 15.6. The van der Waals surface area contributed by atoms with E-state index < -0.39 is 5.82 Å². The molecule has 2 aliphatic heterocycles. The van der Waals surface area contributed by atoms with Crippen LogP contribution in [-0.4, -0.2) is 66.7 Å². The standard InChI is InChI=1S/C21H20FN9.2C2H6.H2/c1-29-11-15-7-14(29)12-30(15)19-5-4-18-24-10-17(31(18)28-19)13-8-25-21(26-9-13)27-20-16(22)3-2-6-23-20;2*1-2;/h2-6,8-10,14-15H,7,11-12H2,1H3,(H,23,25,26,27);2*1-2H3;1H. The number of imidazole rings is 1. The third-order valence-electron chi connectivity index (χ3n) is 6.09. The molecule has 9 nitrogen and oxygen atoms in total. The zero-order valence-corrected chi connectivity index (χ0v) is 20.9. The summed E-state index contributed by atoms with van der Waals surface area (Å²) in [6, 6.07) is 7.99. The first-order chi connectivity index (χ1) is 17.2. The Hall–Kier alpha value is -3.66. The van der Waals surface area contributed by atoms with Crippen molar-refractivity contribution in [2.45, 2.75) is 46.2 Å². The minimum absolute atomic E-state index is 0. The van der Waals surface area contributed by atoms with E-state index >= 15 is 0 Å². The fourth-order valence-corrected chi connectivity index (χ4v) is 4.47. The van der Waals surface area contributed by atoms with Crippen LogP contribution in [0.5, 0.6) is 0 Å². The van der Waals surface area contributed by atoms with Crippen LogP contribution < -0.4 is 10.2 Å². The van der Waals surface area contributed by atoms with Crippen molar-refractivity contribution in [3.05, 3.63) is 54.9 Å². The second kappa shape index (κ2) is 10.7. The van der Waals surface area contributed by atoms with Gasteiger partial charge in [0.05, 0.1) is 11.9 Å². The van der Waals surface area contributed by atoms with E-state index in [1.165, 1.54) is 24.8 Å². The molecule has 4 aromatic heterocycles. The number of fused-ring (bicyclic) bond motifs is 3. The highest BCUT2D eigenvalue weighted by Crippen LogP contribution is 2.33. The van der Waals surface area contributed by atoms with E-state index in [2.05, 4.69) is 42.1 Å². The first-order valence-corrected chi connectivity index (χ1v) is 12.2. The van der Waals surface area contributed by atoms with Crippen LogP contribution in [0.4, 0.5) is 22.0 Å². The second-order valence-electron chi connectivity index (χ2n) is 7.99. The first kappa shape index (κ1) is 24.5. The topological polar surface area (TPSA) is 87.4 Å². The van der Waals surface area contributed by atoms with Crippen molar-refractivity contribution in [3.63, 3.8) is 0 Å². The van der Waals surface area contributed by atoms with Crippen LogP contribution in [0.3, 0.4) is 0 Å². The summed E-state index contributed by atoms with van der Waals surface area (Å²) in [4.78, 5) is 21.8. The number of pyridine rings is 1. The molecule has 1 N–H and O–H groups in total. The molecule has 0 aliphatic carbocycles. The minimum Gasteiger partial charge on any atom is -0.349 e. The number of hydrogen-bond acceptors (Lipinski definition) is 8. The van der Waals surface area contributed by atoms with Gasteiger partial charge < -0.3 is 10.2 Å². The van der Waals surface area contributed by atoms with Gasteiger partial charge in [0.25, 0.3) is 0 Å². The van der Waals surface area contributed by atoms with Gasteiger partial charge in [-0.1, -0.05) is 27.7 Å². The summed E-state index contributed by atoms with van der Waals surface area (Å²) >= 11 is 0. The monoisotopic (exact) mass is 479 g/mol.